The predicted octanol–water partition coefficient (Wildman–Crippen LogP) is 2.12. The van der Waals surface area contributed by atoms with Crippen LogP contribution in [0.2, 0.25) is 0 Å². The highest BCUT2D eigenvalue weighted by atomic mass is 35.5. The quantitative estimate of drug-likeness (QED) is 0.787. The molecule has 0 bridgehead atoms. The van der Waals surface area contributed by atoms with Gasteiger partial charge in [0.25, 0.3) is 5.56 Å². The molecule has 17 heavy (non-hydrogen) atoms. The van der Waals surface area contributed by atoms with E-state index in [-0.39, 0.29) is 11.6 Å². The van der Waals surface area contributed by atoms with Crippen molar-refractivity contribution in [3.8, 4) is 11.5 Å². The van der Waals surface area contributed by atoms with E-state index in [9.17, 15) is 4.79 Å². The predicted molar refractivity (Wildman–Crippen MR) is 67.1 cm³/mol. The van der Waals surface area contributed by atoms with Gasteiger partial charge >= 0.3 is 0 Å². The van der Waals surface area contributed by atoms with E-state index in [1.165, 1.54) is 4.57 Å². The minimum absolute atomic E-state index is 0.00894. The number of hydrogen-bond acceptors (Lipinski definition) is 3. The Balaban J connectivity index is 2.74. The van der Waals surface area contributed by atoms with Crippen LogP contribution in [0.15, 0.2) is 29.2 Å². The molecule has 0 amide bonds. The number of ether oxygens (including phenoxy) is 2. The molecule has 0 spiro atoms. The lowest BCUT2D eigenvalue weighted by Crippen LogP contribution is -2.15. The van der Waals surface area contributed by atoms with E-state index in [1.54, 1.807) is 32.5 Å². The van der Waals surface area contributed by atoms with Gasteiger partial charge in [-0.3, -0.25) is 4.79 Å². The van der Waals surface area contributed by atoms with Crippen LogP contribution in [0.1, 0.15) is 0 Å². The molecule has 2 rings (SSSR count). The number of alkyl halides is 1. The second kappa shape index (κ2) is 4.67. The normalized spacial score (nSPS) is 10.5. The summed E-state index contributed by atoms with van der Waals surface area (Å²) in [4.78, 5) is 11.9. The average molecular weight is 254 g/mol. The van der Waals surface area contributed by atoms with Crippen molar-refractivity contribution >= 4 is 22.4 Å². The molecule has 1 aromatic heterocycles. The number of fused-ring (bicyclic) bond motifs is 1. The Labute approximate surface area is 103 Å². The zero-order chi connectivity index (χ0) is 12.4. The maximum atomic E-state index is 11.9. The van der Waals surface area contributed by atoms with Crippen molar-refractivity contribution in [2.45, 2.75) is 0 Å². The maximum absolute atomic E-state index is 11.9. The third kappa shape index (κ3) is 2.08. The number of methoxy groups -OCH3 is 1. The molecule has 90 valence electrons. The van der Waals surface area contributed by atoms with Crippen LogP contribution in [-0.2, 0) is 7.05 Å². The van der Waals surface area contributed by atoms with Crippen molar-refractivity contribution in [3.63, 3.8) is 0 Å². The molecule has 0 aliphatic rings. The molecule has 4 nitrogen and oxygen atoms in total. The van der Waals surface area contributed by atoms with Crippen LogP contribution in [0.25, 0.3) is 10.8 Å². The summed E-state index contributed by atoms with van der Waals surface area (Å²) < 4.78 is 11.9. The standard InChI is InChI=1S/C12H12ClNO3/c1-14-4-3-8-5-10(16-2)11(17-7-13)6-9(8)12(14)15/h3-6H,7H2,1-2H3. The van der Waals surface area contributed by atoms with Crippen LogP contribution in [-0.4, -0.2) is 17.7 Å². The van der Waals surface area contributed by atoms with E-state index in [2.05, 4.69) is 0 Å². The molecular weight excluding hydrogens is 242 g/mol. The van der Waals surface area contributed by atoms with Gasteiger partial charge in [0.2, 0.25) is 0 Å². The summed E-state index contributed by atoms with van der Waals surface area (Å²) >= 11 is 5.53. The summed E-state index contributed by atoms with van der Waals surface area (Å²) in [6.07, 6.45) is 1.71. The lowest BCUT2D eigenvalue weighted by molar-refractivity contribution is 0.342. The van der Waals surface area contributed by atoms with E-state index in [0.29, 0.717) is 16.9 Å². The Bertz CT molecular complexity index is 606. The Morgan fingerprint density at radius 3 is 2.76 bits per heavy atom. The average Bonchev–Trinajstić information content (AvgIpc) is 2.34. The van der Waals surface area contributed by atoms with Gasteiger partial charge < -0.3 is 14.0 Å². The minimum atomic E-state index is -0.0791. The largest absolute Gasteiger partial charge is 0.493 e. The number of pyridine rings is 1. The number of halogens is 1. The van der Waals surface area contributed by atoms with Gasteiger partial charge in [-0.1, -0.05) is 11.6 Å². The topological polar surface area (TPSA) is 40.5 Å². The first-order chi connectivity index (χ1) is 8.17. The van der Waals surface area contributed by atoms with Gasteiger partial charge in [-0.05, 0) is 23.6 Å². The molecule has 0 aliphatic heterocycles. The minimum Gasteiger partial charge on any atom is -0.493 e. The van der Waals surface area contributed by atoms with Crippen LogP contribution in [0.5, 0.6) is 11.5 Å². The highest BCUT2D eigenvalue weighted by molar-refractivity contribution is 6.17. The first kappa shape index (κ1) is 11.8. The molecule has 0 atom stereocenters. The second-order valence-electron chi connectivity index (χ2n) is 3.58. The summed E-state index contributed by atoms with van der Waals surface area (Å²) in [6, 6.07) is 5.27. The Hall–Kier alpha value is -1.68. The van der Waals surface area contributed by atoms with Crippen LogP contribution >= 0.6 is 11.6 Å². The fourth-order valence-corrected chi connectivity index (χ4v) is 1.80. The van der Waals surface area contributed by atoms with Gasteiger partial charge in [-0.15, -0.1) is 0 Å². The van der Waals surface area contributed by atoms with Crippen LogP contribution in [0.3, 0.4) is 0 Å². The van der Waals surface area contributed by atoms with Gasteiger partial charge in [0.15, 0.2) is 17.6 Å². The van der Waals surface area contributed by atoms with Gasteiger partial charge in [-0.2, -0.15) is 0 Å². The molecule has 0 fully saturated rings. The first-order valence-electron chi connectivity index (χ1n) is 5.03. The number of hydrogen-bond donors (Lipinski definition) is 0. The van der Waals surface area contributed by atoms with E-state index in [1.807, 2.05) is 6.07 Å². The fraction of sp³-hybridized carbons (Fsp3) is 0.250. The Morgan fingerprint density at radius 1 is 1.35 bits per heavy atom. The third-order valence-electron chi connectivity index (χ3n) is 2.57. The molecule has 0 N–H and O–H groups in total. The van der Waals surface area contributed by atoms with Crippen molar-refractivity contribution in [3.05, 3.63) is 34.7 Å². The van der Waals surface area contributed by atoms with E-state index in [4.69, 9.17) is 21.1 Å². The highest BCUT2D eigenvalue weighted by Gasteiger charge is 2.09. The van der Waals surface area contributed by atoms with Gasteiger partial charge in [-0.25, -0.2) is 0 Å². The zero-order valence-corrected chi connectivity index (χ0v) is 10.3. The van der Waals surface area contributed by atoms with Crippen molar-refractivity contribution in [1.82, 2.24) is 4.57 Å². The number of benzene rings is 1. The summed E-state index contributed by atoms with van der Waals surface area (Å²) in [5, 5.41) is 1.39. The number of nitrogens with zero attached hydrogens (tertiary/aromatic N) is 1. The third-order valence-corrected chi connectivity index (χ3v) is 2.68. The van der Waals surface area contributed by atoms with Crippen molar-refractivity contribution in [1.29, 1.82) is 0 Å². The summed E-state index contributed by atoms with van der Waals surface area (Å²) in [5.41, 5.74) is -0.0791. The summed E-state index contributed by atoms with van der Waals surface area (Å²) in [6.45, 7) is 0. The Morgan fingerprint density at radius 2 is 2.12 bits per heavy atom. The van der Waals surface area contributed by atoms with Crippen LogP contribution < -0.4 is 15.0 Å². The van der Waals surface area contributed by atoms with Gasteiger partial charge in [0.05, 0.1) is 12.5 Å². The number of aryl methyl sites for hydroxylation is 1. The molecule has 1 aromatic carbocycles. The Kier molecular flexibility index (Phi) is 3.24. The molecule has 5 heteroatoms. The van der Waals surface area contributed by atoms with E-state index in [0.717, 1.165) is 5.39 Å². The molecule has 2 aromatic rings. The first-order valence-corrected chi connectivity index (χ1v) is 5.57. The monoisotopic (exact) mass is 253 g/mol. The van der Waals surface area contributed by atoms with Crippen molar-refractivity contribution in [2.75, 3.05) is 13.2 Å². The molecule has 0 saturated carbocycles. The molecule has 0 saturated heterocycles. The molecule has 1 heterocycles. The highest BCUT2D eigenvalue weighted by Crippen LogP contribution is 2.31. The van der Waals surface area contributed by atoms with Gasteiger partial charge in [0.1, 0.15) is 0 Å². The zero-order valence-electron chi connectivity index (χ0n) is 9.57. The molecule has 0 radical (unpaired) electrons. The lowest BCUT2D eigenvalue weighted by atomic mass is 10.1. The molecule has 0 aliphatic carbocycles. The summed E-state index contributed by atoms with van der Waals surface area (Å²) in [5.74, 6) is 1.03. The lowest BCUT2D eigenvalue weighted by Gasteiger charge is -2.10. The SMILES string of the molecule is COc1cc2ccn(C)c(=O)c2cc1OCCl. The smallest absolute Gasteiger partial charge is 0.258 e. The van der Waals surface area contributed by atoms with E-state index < -0.39 is 0 Å². The maximum Gasteiger partial charge on any atom is 0.258 e. The number of aromatic nitrogens is 1. The molecule has 0 unspecified atom stereocenters. The number of rotatable bonds is 3. The van der Waals surface area contributed by atoms with Gasteiger partial charge in [0, 0.05) is 13.2 Å². The summed E-state index contributed by atoms with van der Waals surface area (Å²) in [7, 11) is 3.25. The van der Waals surface area contributed by atoms with Crippen LogP contribution in [0.4, 0.5) is 0 Å². The van der Waals surface area contributed by atoms with Crippen LogP contribution in [0, 0.1) is 0 Å². The van der Waals surface area contributed by atoms with Crippen molar-refractivity contribution < 1.29 is 9.47 Å². The second-order valence-corrected chi connectivity index (χ2v) is 3.79. The van der Waals surface area contributed by atoms with E-state index >= 15 is 0 Å². The molecular formula is C12H12ClNO3. The fourth-order valence-electron chi connectivity index (χ4n) is 1.68. The van der Waals surface area contributed by atoms with Crippen molar-refractivity contribution in [2.24, 2.45) is 7.05 Å².